The second-order valence-corrected chi connectivity index (χ2v) is 10.00. The predicted octanol–water partition coefficient (Wildman–Crippen LogP) is 7.37. The Kier molecular flexibility index (Phi) is 6.52. The molecule has 0 spiro atoms. The van der Waals surface area contributed by atoms with Crippen LogP contribution in [0.15, 0.2) is 70.8 Å². The van der Waals surface area contributed by atoms with E-state index in [2.05, 4.69) is 40.9 Å². The number of halogens is 3. The van der Waals surface area contributed by atoms with Gasteiger partial charge < -0.3 is 9.47 Å². The van der Waals surface area contributed by atoms with Crippen molar-refractivity contribution in [3.8, 4) is 17.2 Å². The van der Waals surface area contributed by atoms with Gasteiger partial charge in [-0.1, -0.05) is 38.1 Å². The summed E-state index contributed by atoms with van der Waals surface area (Å²) in [5.41, 5.74) is 1.31. The first-order chi connectivity index (χ1) is 17.6. The molecule has 0 amide bonds. The first kappa shape index (κ1) is 25.0. The molecule has 0 bridgehead atoms. The molecule has 5 rings (SSSR count). The molecule has 3 aromatic rings. The van der Waals surface area contributed by atoms with E-state index in [1.54, 1.807) is 19.1 Å². The Morgan fingerprint density at radius 2 is 1.49 bits per heavy atom. The molecule has 0 radical (unpaired) electrons. The van der Waals surface area contributed by atoms with E-state index < -0.39 is 11.7 Å². The molecule has 2 aliphatic rings. The van der Waals surface area contributed by atoms with Crippen molar-refractivity contribution in [2.75, 3.05) is 6.54 Å². The molecule has 2 aromatic carbocycles. The first-order valence-corrected chi connectivity index (χ1v) is 12.3. The van der Waals surface area contributed by atoms with Crippen LogP contribution in [0.25, 0.3) is 0 Å². The maximum absolute atomic E-state index is 13.8. The van der Waals surface area contributed by atoms with Crippen LogP contribution in [0.2, 0.25) is 0 Å². The molecule has 1 saturated carbocycles. The van der Waals surface area contributed by atoms with Crippen LogP contribution in [0, 0.1) is 0 Å². The van der Waals surface area contributed by atoms with Gasteiger partial charge in [-0.2, -0.15) is 13.2 Å². The van der Waals surface area contributed by atoms with Crippen LogP contribution >= 0.6 is 0 Å². The maximum atomic E-state index is 13.8. The lowest BCUT2D eigenvalue weighted by atomic mass is 9.78. The van der Waals surface area contributed by atoms with Gasteiger partial charge in [0.1, 0.15) is 22.9 Å². The van der Waals surface area contributed by atoms with Crippen molar-refractivity contribution >= 4 is 11.5 Å². The molecule has 1 aromatic heterocycles. The first-order valence-electron chi connectivity index (χ1n) is 12.3. The van der Waals surface area contributed by atoms with Crippen LogP contribution < -0.4 is 9.47 Å². The van der Waals surface area contributed by atoms with E-state index in [4.69, 9.17) is 9.47 Å². The van der Waals surface area contributed by atoms with Crippen molar-refractivity contribution in [1.82, 2.24) is 4.98 Å². The summed E-state index contributed by atoms with van der Waals surface area (Å²) in [6.07, 6.45) is 0.431. The van der Waals surface area contributed by atoms with Crippen molar-refractivity contribution in [1.29, 1.82) is 0 Å². The number of ether oxygens (including phenoxy) is 2. The number of amidine groups is 1. The fraction of sp³-hybridized carbons (Fsp3) is 0.345. The van der Waals surface area contributed by atoms with Gasteiger partial charge in [-0.25, -0.2) is 9.98 Å². The van der Waals surface area contributed by atoms with E-state index in [9.17, 15) is 13.2 Å². The van der Waals surface area contributed by atoms with Gasteiger partial charge in [0.25, 0.3) is 0 Å². The summed E-state index contributed by atoms with van der Waals surface area (Å²) in [5, 5.41) is 0. The van der Waals surface area contributed by atoms with Crippen molar-refractivity contribution in [2.45, 2.75) is 57.7 Å². The third-order valence-corrected chi connectivity index (χ3v) is 6.88. The van der Waals surface area contributed by atoms with Crippen molar-refractivity contribution < 1.29 is 22.6 Å². The van der Waals surface area contributed by atoms with E-state index >= 15 is 0 Å². The monoisotopic (exact) mass is 507 g/mol. The summed E-state index contributed by atoms with van der Waals surface area (Å²) in [6.45, 7) is 6.23. The normalized spacial score (nSPS) is 16.2. The van der Waals surface area contributed by atoms with Crippen molar-refractivity contribution in [3.05, 3.63) is 83.2 Å². The highest BCUT2D eigenvalue weighted by atomic mass is 19.4. The van der Waals surface area contributed by atoms with E-state index in [1.807, 2.05) is 24.3 Å². The van der Waals surface area contributed by atoms with Crippen LogP contribution in [0.1, 0.15) is 62.4 Å². The molecule has 1 aliphatic carbocycles. The minimum atomic E-state index is -4.62. The average molecular weight is 508 g/mol. The number of hydrogen-bond acceptors (Lipinski definition) is 5. The molecule has 0 N–H and O–H groups in total. The highest BCUT2D eigenvalue weighted by Crippen LogP contribution is 2.37. The zero-order valence-corrected chi connectivity index (χ0v) is 21.0. The number of aromatic nitrogens is 1. The number of pyridine rings is 1. The summed E-state index contributed by atoms with van der Waals surface area (Å²) < 4.78 is 53.0. The SMILES string of the molecule is CC1=NC(c2ncc(Oc3ccc(C(C)(C)c4ccc(OC5CCC5)cc4)cc3)cc2C(F)(F)F)=NC1. The largest absolute Gasteiger partial charge is 0.490 e. The van der Waals surface area contributed by atoms with Gasteiger partial charge >= 0.3 is 6.18 Å². The van der Waals surface area contributed by atoms with Crippen LogP contribution in [0.3, 0.4) is 0 Å². The fourth-order valence-electron chi connectivity index (χ4n) is 4.34. The van der Waals surface area contributed by atoms with Gasteiger partial charge in [0.05, 0.1) is 24.4 Å². The van der Waals surface area contributed by atoms with Gasteiger partial charge in [0.2, 0.25) is 0 Å². The number of rotatable bonds is 7. The molecule has 0 unspecified atom stereocenters. The summed E-state index contributed by atoms with van der Waals surface area (Å²) in [5.74, 6) is 1.28. The Bertz CT molecular complexity index is 1340. The Labute approximate surface area is 214 Å². The quantitative estimate of drug-likeness (QED) is 0.335. The van der Waals surface area contributed by atoms with E-state index in [1.165, 1.54) is 12.6 Å². The molecule has 1 aliphatic heterocycles. The molecule has 192 valence electrons. The lowest BCUT2D eigenvalue weighted by Gasteiger charge is -2.28. The molecule has 8 heteroatoms. The zero-order valence-electron chi connectivity index (χ0n) is 21.0. The van der Waals surface area contributed by atoms with E-state index in [0.717, 1.165) is 35.8 Å². The Balaban J connectivity index is 1.32. The van der Waals surface area contributed by atoms with Crippen molar-refractivity contribution in [3.63, 3.8) is 0 Å². The Morgan fingerprint density at radius 3 is 2.00 bits per heavy atom. The number of nitrogens with zero attached hydrogens (tertiary/aromatic N) is 3. The summed E-state index contributed by atoms with van der Waals surface area (Å²) in [4.78, 5) is 12.1. The Morgan fingerprint density at radius 1 is 0.865 bits per heavy atom. The van der Waals surface area contributed by atoms with E-state index in [-0.39, 0.29) is 29.2 Å². The third-order valence-electron chi connectivity index (χ3n) is 6.88. The molecular weight excluding hydrogens is 479 g/mol. The van der Waals surface area contributed by atoms with Gasteiger partial charge in [-0.3, -0.25) is 4.99 Å². The summed E-state index contributed by atoms with van der Waals surface area (Å²) >= 11 is 0. The van der Waals surface area contributed by atoms with Gasteiger partial charge in [0, 0.05) is 11.1 Å². The lowest BCUT2D eigenvalue weighted by Crippen LogP contribution is -2.24. The third kappa shape index (κ3) is 5.38. The van der Waals surface area contributed by atoms with Gasteiger partial charge in [-0.15, -0.1) is 0 Å². The Hall–Kier alpha value is -3.68. The standard InChI is InChI=1S/C29H28F3N3O2/c1-18-16-34-27(35-18)26-25(29(30,31)32)15-24(17-33-26)37-23-13-9-20(10-14-23)28(2,3)19-7-11-22(12-8-19)36-21-5-4-6-21/h7-15,17,21H,4-6,16H2,1-3H3. The zero-order chi connectivity index (χ0) is 26.2. The van der Waals surface area contributed by atoms with Crippen LogP contribution in [-0.4, -0.2) is 29.2 Å². The second kappa shape index (κ2) is 9.65. The molecule has 1 fully saturated rings. The summed E-state index contributed by atoms with van der Waals surface area (Å²) in [6, 6.07) is 16.4. The highest BCUT2D eigenvalue weighted by molar-refractivity contribution is 6.10. The maximum Gasteiger partial charge on any atom is 0.418 e. The molecule has 0 saturated heterocycles. The molecule has 0 atom stereocenters. The van der Waals surface area contributed by atoms with Crippen molar-refractivity contribution in [2.24, 2.45) is 9.98 Å². The topological polar surface area (TPSA) is 56.1 Å². The van der Waals surface area contributed by atoms with Crippen LogP contribution in [0.5, 0.6) is 17.2 Å². The molecular formula is C29H28F3N3O2. The molecule has 5 nitrogen and oxygen atoms in total. The predicted molar refractivity (Wildman–Crippen MR) is 137 cm³/mol. The lowest BCUT2D eigenvalue weighted by molar-refractivity contribution is -0.138. The average Bonchev–Trinajstić information content (AvgIpc) is 3.27. The smallest absolute Gasteiger partial charge is 0.418 e. The molecule has 2 heterocycles. The van der Waals surface area contributed by atoms with E-state index in [0.29, 0.717) is 17.6 Å². The number of alkyl halides is 3. The van der Waals surface area contributed by atoms with Crippen LogP contribution in [0.4, 0.5) is 13.2 Å². The van der Waals surface area contributed by atoms with Crippen LogP contribution in [-0.2, 0) is 11.6 Å². The van der Waals surface area contributed by atoms with Gasteiger partial charge in [0.15, 0.2) is 5.84 Å². The highest BCUT2D eigenvalue weighted by Gasteiger charge is 2.37. The second-order valence-electron chi connectivity index (χ2n) is 10.00. The number of aliphatic imine (C=N–C) groups is 2. The van der Waals surface area contributed by atoms with Gasteiger partial charge in [-0.05, 0) is 67.6 Å². The number of hydrogen-bond donors (Lipinski definition) is 0. The minimum Gasteiger partial charge on any atom is -0.490 e. The number of benzene rings is 2. The fourth-order valence-corrected chi connectivity index (χ4v) is 4.34. The summed E-state index contributed by atoms with van der Waals surface area (Å²) in [7, 11) is 0. The minimum absolute atomic E-state index is 0.00871. The molecule has 37 heavy (non-hydrogen) atoms.